The number of phenolic OH excluding ortho intramolecular Hbond substituents is 2. The lowest BCUT2D eigenvalue weighted by Crippen LogP contribution is -2.45. The largest absolute Gasteiger partial charge is 0.504 e. The summed E-state index contributed by atoms with van der Waals surface area (Å²) in [5, 5.41) is 20.0. The predicted molar refractivity (Wildman–Crippen MR) is 117 cm³/mol. The Morgan fingerprint density at radius 3 is 2.42 bits per heavy atom. The first kappa shape index (κ1) is 19.0. The first-order valence-electron chi connectivity index (χ1n) is 11.4. The van der Waals surface area contributed by atoms with Gasteiger partial charge >= 0.3 is 0 Å². The van der Waals surface area contributed by atoms with Gasteiger partial charge in [0.2, 0.25) is 5.91 Å². The van der Waals surface area contributed by atoms with E-state index in [-0.39, 0.29) is 24.0 Å². The van der Waals surface area contributed by atoms with E-state index in [1.807, 2.05) is 29.2 Å². The summed E-state index contributed by atoms with van der Waals surface area (Å²) in [6.45, 7) is 4.39. The van der Waals surface area contributed by atoms with Crippen LogP contribution in [0.1, 0.15) is 36.8 Å². The zero-order valence-electron chi connectivity index (χ0n) is 17.6. The van der Waals surface area contributed by atoms with Gasteiger partial charge in [0, 0.05) is 30.4 Å². The molecule has 162 valence electrons. The molecular formula is C25H28N2O4. The molecule has 1 saturated carbocycles. The highest BCUT2D eigenvalue weighted by Crippen LogP contribution is 2.54. The Morgan fingerprint density at radius 1 is 0.935 bits per heavy atom. The van der Waals surface area contributed by atoms with Gasteiger partial charge in [0.15, 0.2) is 11.5 Å². The normalized spacial score (nSPS) is 25.7. The first-order chi connectivity index (χ1) is 15.1. The van der Waals surface area contributed by atoms with Crippen molar-refractivity contribution in [3.05, 3.63) is 47.5 Å². The number of carbonyl (C=O) groups excluding carboxylic acids is 1. The molecule has 2 aromatic carbocycles. The summed E-state index contributed by atoms with van der Waals surface area (Å²) in [7, 11) is 0. The fraction of sp³-hybridized carbons (Fsp3) is 0.480. The van der Waals surface area contributed by atoms with Crippen molar-refractivity contribution >= 4 is 11.6 Å². The molecule has 0 bridgehead atoms. The molecule has 3 aliphatic heterocycles. The minimum Gasteiger partial charge on any atom is -0.504 e. The molecule has 0 radical (unpaired) electrons. The van der Waals surface area contributed by atoms with Gasteiger partial charge in [-0.2, -0.15) is 0 Å². The highest BCUT2D eigenvalue weighted by Gasteiger charge is 2.57. The lowest BCUT2D eigenvalue weighted by molar-refractivity contribution is -0.122. The number of carbonyl (C=O) groups is 1. The molecule has 2 fully saturated rings. The van der Waals surface area contributed by atoms with Gasteiger partial charge in [-0.15, -0.1) is 0 Å². The molecule has 2 N–H and O–H groups in total. The Balaban J connectivity index is 1.29. The lowest BCUT2D eigenvalue weighted by atomic mass is 9.77. The Morgan fingerprint density at radius 2 is 1.65 bits per heavy atom. The second kappa shape index (κ2) is 6.89. The molecule has 3 heterocycles. The maximum absolute atomic E-state index is 13.9. The van der Waals surface area contributed by atoms with Crippen LogP contribution in [0.2, 0.25) is 0 Å². The van der Waals surface area contributed by atoms with Crippen molar-refractivity contribution in [1.82, 2.24) is 4.90 Å². The molecule has 6 rings (SSSR count). The molecule has 6 nitrogen and oxygen atoms in total. The van der Waals surface area contributed by atoms with Gasteiger partial charge in [0.25, 0.3) is 0 Å². The third kappa shape index (κ3) is 2.92. The Kier molecular flexibility index (Phi) is 4.22. The lowest BCUT2D eigenvalue weighted by Gasteiger charge is -2.34. The van der Waals surface area contributed by atoms with E-state index < -0.39 is 5.41 Å². The fourth-order valence-corrected chi connectivity index (χ4v) is 5.66. The molecule has 1 spiro atoms. The summed E-state index contributed by atoms with van der Waals surface area (Å²) >= 11 is 0. The minimum absolute atomic E-state index is 0.0120. The molecule has 1 saturated heterocycles. The summed E-state index contributed by atoms with van der Waals surface area (Å²) in [5.41, 5.74) is 1.55. The molecule has 1 unspecified atom stereocenters. The fourth-order valence-electron chi connectivity index (χ4n) is 5.66. The topological polar surface area (TPSA) is 73.2 Å². The van der Waals surface area contributed by atoms with Crippen molar-refractivity contribution in [3.63, 3.8) is 0 Å². The smallest absolute Gasteiger partial charge is 0.245 e. The number of phenols is 2. The summed E-state index contributed by atoms with van der Waals surface area (Å²) in [4.78, 5) is 18.5. The van der Waals surface area contributed by atoms with E-state index in [1.165, 1.54) is 31.5 Å². The number of rotatable bonds is 4. The van der Waals surface area contributed by atoms with E-state index in [4.69, 9.17) is 4.74 Å². The summed E-state index contributed by atoms with van der Waals surface area (Å²) in [6.07, 6.45) is 5.01. The molecule has 0 aromatic heterocycles. The van der Waals surface area contributed by atoms with Gasteiger partial charge in [0.05, 0.1) is 0 Å². The van der Waals surface area contributed by atoms with Crippen LogP contribution < -0.4 is 9.64 Å². The van der Waals surface area contributed by atoms with Crippen LogP contribution in [-0.4, -0.2) is 53.8 Å². The number of ether oxygens (including phenoxy) is 1. The molecule has 6 heteroatoms. The molecule has 1 aliphatic carbocycles. The Labute approximate surface area is 182 Å². The average Bonchev–Trinajstić information content (AvgIpc) is 3.48. The van der Waals surface area contributed by atoms with Crippen LogP contribution in [0.15, 0.2) is 36.4 Å². The van der Waals surface area contributed by atoms with Crippen molar-refractivity contribution < 1.29 is 19.7 Å². The predicted octanol–water partition coefficient (Wildman–Crippen LogP) is 3.24. The van der Waals surface area contributed by atoms with E-state index in [2.05, 4.69) is 4.90 Å². The van der Waals surface area contributed by atoms with Crippen LogP contribution in [0.25, 0.3) is 0 Å². The number of piperidine rings is 1. The van der Waals surface area contributed by atoms with Crippen LogP contribution >= 0.6 is 0 Å². The number of aromatic hydroxyl groups is 2. The molecule has 1 amide bonds. The number of anilines is 1. The maximum Gasteiger partial charge on any atom is 0.245 e. The molecule has 2 aromatic rings. The second-order valence-corrected chi connectivity index (χ2v) is 9.65. The number of fused-ring (bicyclic) bond motifs is 4. The monoisotopic (exact) mass is 420 g/mol. The van der Waals surface area contributed by atoms with Crippen molar-refractivity contribution in [2.24, 2.45) is 11.8 Å². The van der Waals surface area contributed by atoms with Crippen LogP contribution in [-0.2, 0) is 10.2 Å². The number of benzene rings is 2. The van der Waals surface area contributed by atoms with Crippen molar-refractivity contribution in [2.75, 3.05) is 37.7 Å². The van der Waals surface area contributed by atoms with Crippen LogP contribution in [0, 0.1) is 11.8 Å². The van der Waals surface area contributed by atoms with E-state index in [0.717, 1.165) is 43.1 Å². The highest BCUT2D eigenvalue weighted by atomic mass is 16.5. The molecule has 1 atom stereocenters. The maximum atomic E-state index is 13.9. The zero-order chi connectivity index (χ0) is 21.2. The first-order valence-corrected chi connectivity index (χ1v) is 11.4. The molecular weight excluding hydrogens is 392 g/mol. The quantitative estimate of drug-likeness (QED) is 0.743. The summed E-state index contributed by atoms with van der Waals surface area (Å²) < 4.78 is 5.87. The van der Waals surface area contributed by atoms with Crippen molar-refractivity contribution in [3.8, 4) is 17.2 Å². The number of nitrogens with zero attached hydrogens (tertiary/aromatic N) is 2. The van der Waals surface area contributed by atoms with E-state index in [9.17, 15) is 15.0 Å². The standard InChI is InChI=1S/C25H28N2O4/c28-21-11-19-23(12-22(21)29)31-15-25(19)18-3-1-2-4-20(18)27(24(25)30)14-17-7-9-26(10-8-17)13-16-5-6-16/h1-4,11-12,16-17,28-29H,5-10,13-15H2. The SMILES string of the molecule is O=C1N(CC2CCN(CC3CC3)CC2)c2ccccc2C12COc1cc(O)c(O)cc12. The third-order valence-corrected chi connectivity index (χ3v) is 7.61. The number of para-hydroxylation sites is 1. The Hall–Kier alpha value is -2.73. The van der Waals surface area contributed by atoms with Crippen LogP contribution in [0.5, 0.6) is 17.2 Å². The van der Waals surface area contributed by atoms with Gasteiger partial charge in [-0.1, -0.05) is 18.2 Å². The van der Waals surface area contributed by atoms with Gasteiger partial charge in [-0.25, -0.2) is 0 Å². The van der Waals surface area contributed by atoms with Gasteiger partial charge in [0.1, 0.15) is 17.8 Å². The third-order valence-electron chi connectivity index (χ3n) is 7.61. The van der Waals surface area contributed by atoms with Gasteiger partial charge in [-0.05, 0) is 68.3 Å². The van der Waals surface area contributed by atoms with Crippen molar-refractivity contribution in [1.29, 1.82) is 0 Å². The zero-order valence-corrected chi connectivity index (χ0v) is 17.6. The number of hydrogen-bond acceptors (Lipinski definition) is 5. The second-order valence-electron chi connectivity index (χ2n) is 9.65. The van der Waals surface area contributed by atoms with Crippen LogP contribution in [0.4, 0.5) is 5.69 Å². The van der Waals surface area contributed by atoms with E-state index >= 15 is 0 Å². The van der Waals surface area contributed by atoms with Gasteiger partial charge in [-0.3, -0.25) is 4.79 Å². The van der Waals surface area contributed by atoms with E-state index in [0.29, 0.717) is 23.8 Å². The highest BCUT2D eigenvalue weighted by molar-refractivity contribution is 6.11. The molecule has 31 heavy (non-hydrogen) atoms. The van der Waals surface area contributed by atoms with E-state index in [1.54, 1.807) is 0 Å². The number of hydrogen-bond donors (Lipinski definition) is 2. The van der Waals surface area contributed by atoms with Crippen molar-refractivity contribution in [2.45, 2.75) is 31.1 Å². The summed E-state index contributed by atoms with van der Waals surface area (Å²) in [6, 6.07) is 10.8. The average molecular weight is 421 g/mol. The number of likely N-dealkylation sites (tertiary alicyclic amines) is 1. The Bertz CT molecular complexity index is 1040. The van der Waals surface area contributed by atoms with Crippen LogP contribution in [0.3, 0.4) is 0 Å². The van der Waals surface area contributed by atoms with Gasteiger partial charge < -0.3 is 24.7 Å². The summed E-state index contributed by atoms with van der Waals surface area (Å²) in [5.74, 6) is 1.42. The number of amides is 1. The minimum atomic E-state index is -0.955. The molecule has 4 aliphatic rings.